The van der Waals surface area contributed by atoms with Gasteiger partial charge in [-0.25, -0.2) is 4.39 Å². The average molecular weight is 420 g/mol. The van der Waals surface area contributed by atoms with E-state index in [1.807, 2.05) is 30.3 Å². The number of fused-ring (bicyclic) bond motifs is 1. The highest BCUT2D eigenvalue weighted by atomic mass is 19.1. The molecule has 0 fully saturated rings. The van der Waals surface area contributed by atoms with Gasteiger partial charge in [0.25, 0.3) is 5.91 Å². The average Bonchev–Trinajstić information content (AvgIpc) is 3.19. The van der Waals surface area contributed by atoms with Crippen molar-refractivity contribution in [1.82, 2.24) is 15.0 Å². The van der Waals surface area contributed by atoms with Crippen LogP contribution in [0, 0.1) is 12.7 Å². The minimum Gasteiger partial charge on any atom is -0.481 e. The first-order valence-electron chi connectivity index (χ1n) is 9.78. The van der Waals surface area contributed by atoms with Gasteiger partial charge in [0.1, 0.15) is 28.3 Å². The number of nitrogens with zero attached hydrogens (tertiary/aromatic N) is 3. The number of halogens is 1. The summed E-state index contributed by atoms with van der Waals surface area (Å²) >= 11 is 0. The van der Waals surface area contributed by atoms with Crippen LogP contribution in [-0.2, 0) is 11.2 Å². The summed E-state index contributed by atoms with van der Waals surface area (Å²) in [6.07, 6.45) is 0.460. The topological polar surface area (TPSA) is 89.3 Å². The molecular weight excluding hydrogens is 399 g/mol. The Morgan fingerprint density at radius 3 is 2.52 bits per heavy atom. The second kappa shape index (κ2) is 8.93. The third-order valence-corrected chi connectivity index (χ3v) is 4.68. The number of aliphatic hydroxyl groups is 1. The third kappa shape index (κ3) is 4.70. The van der Waals surface area contributed by atoms with Gasteiger partial charge in [-0.3, -0.25) is 4.79 Å². The van der Waals surface area contributed by atoms with E-state index in [4.69, 9.17) is 4.74 Å². The summed E-state index contributed by atoms with van der Waals surface area (Å²) in [6.45, 7) is 1.45. The molecule has 0 saturated carbocycles. The lowest BCUT2D eigenvalue weighted by Gasteiger charge is -2.13. The molecule has 0 aliphatic heterocycles. The number of carbonyl (C=O) groups excluding carboxylic acids is 1. The number of benzene rings is 3. The molecule has 0 aliphatic rings. The molecule has 8 heteroatoms. The van der Waals surface area contributed by atoms with E-state index in [0.29, 0.717) is 28.9 Å². The summed E-state index contributed by atoms with van der Waals surface area (Å²) in [5.74, 6) is -0.608. The molecule has 0 radical (unpaired) electrons. The van der Waals surface area contributed by atoms with Crippen molar-refractivity contribution < 1.29 is 19.0 Å². The molecule has 0 aliphatic carbocycles. The molecule has 0 saturated heterocycles. The van der Waals surface area contributed by atoms with Crippen molar-refractivity contribution in [2.75, 3.05) is 18.5 Å². The quantitative estimate of drug-likeness (QED) is 0.478. The summed E-state index contributed by atoms with van der Waals surface area (Å²) in [4.78, 5) is 13.8. The lowest BCUT2D eigenvalue weighted by Crippen LogP contribution is -2.21. The molecule has 3 aromatic carbocycles. The van der Waals surface area contributed by atoms with Crippen LogP contribution in [-0.4, -0.2) is 39.2 Å². The van der Waals surface area contributed by atoms with Crippen LogP contribution in [0.5, 0.6) is 5.75 Å². The highest BCUT2D eigenvalue weighted by Gasteiger charge is 2.14. The summed E-state index contributed by atoms with van der Waals surface area (Å²) in [5.41, 5.74) is 3.70. The summed E-state index contributed by atoms with van der Waals surface area (Å²) in [7, 11) is 0. The van der Waals surface area contributed by atoms with E-state index >= 15 is 0 Å². The molecule has 2 N–H and O–H groups in total. The minimum atomic E-state index is -0.505. The van der Waals surface area contributed by atoms with Crippen LogP contribution in [0.4, 0.5) is 10.1 Å². The molecule has 1 heterocycles. The summed E-state index contributed by atoms with van der Waals surface area (Å²) in [5, 5.41) is 20.7. The van der Waals surface area contributed by atoms with Gasteiger partial charge in [-0.15, -0.1) is 15.0 Å². The summed E-state index contributed by atoms with van der Waals surface area (Å²) < 4.78 is 19.7. The van der Waals surface area contributed by atoms with Gasteiger partial charge in [0.05, 0.1) is 5.69 Å². The standard InChI is InChI=1S/C23H21FN4O3/c1-15-6-8-18(17(24)12-15)25-23(30)14-31-22-9-7-16(10-11-29)13-21(22)28-26-19-4-2-3-5-20(19)27-28/h2-9,12-13,29H,10-11,14H2,1H3,(H,25,30). The zero-order valence-electron chi connectivity index (χ0n) is 16.9. The minimum absolute atomic E-state index is 0.00131. The first kappa shape index (κ1) is 20.5. The molecule has 1 amide bonds. The fourth-order valence-corrected chi connectivity index (χ4v) is 3.14. The van der Waals surface area contributed by atoms with Crippen molar-refractivity contribution in [3.8, 4) is 11.4 Å². The van der Waals surface area contributed by atoms with E-state index < -0.39 is 11.7 Å². The van der Waals surface area contributed by atoms with Crippen LogP contribution >= 0.6 is 0 Å². The maximum atomic E-state index is 14.0. The van der Waals surface area contributed by atoms with Gasteiger partial charge >= 0.3 is 0 Å². The van der Waals surface area contributed by atoms with Gasteiger partial charge < -0.3 is 15.2 Å². The van der Waals surface area contributed by atoms with Crippen molar-refractivity contribution >= 4 is 22.6 Å². The van der Waals surface area contributed by atoms with Crippen molar-refractivity contribution in [3.05, 3.63) is 77.6 Å². The normalized spacial score (nSPS) is 10.9. The fourth-order valence-electron chi connectivity index (χ4n) is 3.14. The first-order valence-corrected chi connectivity index (χ1v) is 9.78. The number of rotatable bonds is 7. The Hall–Kier alpha value is -3.78. The molecule has 158 valence electrons. The molecule has 0 spiro atoms. The number of nitrogens with one attached hydrogen (secondary N) is 1. The number of aliphatic hydroxyl groups excluding tert-OH is 1. The monoisotopic (exact) mass is 420 g/mol. The lowest BCUT2D eigenvalue weighted by atomic mass is 10.1. The predicted molar refractivity (Wildman–Crippen MR) is 115 cm³/mol. The third-order valence-electron chi connectivity index (χ3n) is 4.68. The van der Waals surface area contributed by atoms with E-state index in [1.165, 1.54) is 16.9 Å². The maximum absolute atomic E-state index is 14.0. The zero-order chi connectivity index (χ0) is 21.8. The van der Waals surface area contributed by atoms with Gasteiger partial charge in [0, 0.05) is 6.61 Å². The number of carbonyl (C=O) groups is 1. The molecular formula is C23H21FN4O3. The Bertz CT molecular complexity index is 1210. The predicted octanol–water partition coefficient (Wildman–Crippen LogP) is 3.42. The van der Waals surface area contributed by atoms with E-state index in [9.17, 15) is 14.3 Å². The molecule has 1 aromatic heterocycles. The molecule has 0 unspecified atom stereocenters. The molecule has 4 rings (SSSR count). The van der Waals surface area contributed by atoms with Gasteiger partial charge in [-0.2, -0.15) is 0 Å². The number of hydrogen-bond acceptors (Lipinski definition) is 5. The highest BCUT2D eigenvalue weighted by molar-refractivity contribution is 5.92. The first-order chi connectivity index (χ1) is 15.0. The zero-order valence-corrected chi connectivity index (χ0v) is 16.9. The van der Waals surface area contributed by atoms with Crippen LogP contribution in [0.2, 0.25) is 0 Å². The van der Waals surface area contributed by atoms with E-state index in [-0.39, 0.29) is 18.9 Å². The van der Waals surface area contributed by atoms with E-state index in [0.717, 1.165) is 11.1 Å². The summed E-state index contributed by atoms with van der Waals surface area (Å²) in [6, 6.07) is 17.3. The van der Waals surface area contributed by atoms with Crippen molar-refractivity contribution in [2.24, 2.45) is 0 Å². The molecule has 0 atom stereocenters. The second-order valence-electron chi connectivity index (χ2n) is 7.07. The Labute approximate surface area is 178 Å². The van der Waals surface area contributed by atoms with E-state index in [2.05, 4.69) is 15.5 Å². The highest BCUT2D eigenvalue weighted by Crippen LogP contribution is 2.25. The van der Waals surface area contributed by atoms with Crippen molar-refractivity contribution in [3.63, 3.8) is 0 Å². The van der Waals surface area contributed by atoms with Gasteiger partial charge in [-0.1, -0.05) is 24.3 Å². The van der Waals surface area contributed by atoms with Gasteiger partial charge in [-0.05, 0) is 60.9 Å². The van der Waals surface area contributed by atoms with E-state index in [1.54, 1.807) is 25.1 Å². The van der Waals surface area contributed by atoms with Crippen LogP contribution in [0.25, 0.3) is 16.7 Å². The Kier molecular flexibility index (Phi) is 5.90. The van der Waals surface area contributed by atoms with Gasteiger partial charge in [0.2, 0.25) is 0 Å². The second-order valence-corrected chi connectivity index (χ2v) is 7.07. The largest absolute Gasteiger partial charge is 0.481 e. The number of hydrogen-bond donors (Lipinski definition) is 2. The number of aryl methyl sites for hydroxylation is 1. The number of aromatic nitrogens is 3. The fraction of sp³-hybridized carbons (Fsp3) is 0.174. The van der Waals surface area contributed by atoms with Crippen LogP contribution < -0.4 is 10.1 Å². The Morgan fingerprint density at radius 1 is 1.10 bits per heavy atom. The molecule has 31 heavy (non-hydrogen) atoms. The number of amides is 1. The lowest BCUT2D eigenvalue weighted by molar-refractivity contribution is -0.118. The number of anilines is 1. The van der Waals surface area contributed by atoms with Gasteiger partial charge in [0.15, 0.2) is 6.61 Å². The Morgan fingerprint density at radius 2 is 1.84 bits per heavy atom. The molecule has 0 bridgehead atoms. The Balaban J connectivity index is 1.56. The van der Waals surface area contributed by atoms with Crippen molar-refractivity contribution in [1.29, 1.82) is 0 Å². The molecule has 4 aromatic rings. The maximum Gasteiger partial charge on any atom is 0.262 e. The SMILES string of the molecule is Cc1ccc(NC(=O)COc2ccc(CCO)cc2-n2nc3ccccc3n2)c(F)c1. The smallest absolute Gasteiger partial charge is 0.262 e. The van der Waals surface area contributed by atoms with Crippen molar-refractivity contribution in [2.45, 2.75) is 13.3 Å². The molecule has 7 nitrogen and oxygen atoms in total. The van der Waals surface area contributed by atoms with Crippen LogP contribution in [0.1, 0.15) is 11.1 Å². The van der Waals surface area contributed by atoms with Crippen LogP contribution in [0.3, 0.4) is 0 Å². The van der Waals surface area contributed by atoms with Crippen LogP contribution in [0.15, 0.2) is 60.7 Å². The number of ether oxygens (including phenoxy) is 1.